The van der Waals surface area contributed by atoms with E-state index in [1.807, 2.05) is 0 Å². The van der Waals surface area contributed by atoms with Crippen LogP contribution in [0.25, 0.3) is 0 Å². The molecule has 214 valence electrons. The highest BCUT2D eigenvalue weighted by Crippen LogP contribution is 2.31. The van der Waals surface area contributed by atoms with Crippen molar-refractivity contribution in [3.05, 3.63) is 89.5 Å². The van der Waals surface area contributed by atoms with E-state index >= 15 is 0 Å². The molecular formula is C28H28F4N2O5S. The van der Waals surface area contributed by atoms with Crippen LogP contribution in [0.5, 0.6) is 5.75 Å². The molecule has 3 aromatic rings. The Bertz CT molecular complexity index is 1410. The van der Waals surface area contributed by atoms with Crippen molar-refractivity contribution < 1.29 is 40.6 Å². The molecule has 3 atom stereocenters. The topological polar surface area (TPSA) is 95.9 Å². The lowest BCUT2D eigenvalue weighted by atomic mass is 10.1. The number of rotatable bonds is 9. The van der Waals surface area contributed by atoms with Crippen LogP contribution in [-0.2, 0) is 16.0 Å². The molecule has 2 N–H and O–H groups in total. The normalized spacial score (nSPS) is 18.4. The Morgan fingerprint density at radius 1 is 1.02 bits per heavy atom. The average Bonchev–Trinajstić information content (AvgIpc) is 3.31. The molecule has 1 aliphatic heterocycles. The first-order chi connectivity index (χ1) is 18.9. The van der Waals surface area contributed by atoms with E-state index in [4.69, 9.17) is 4.74 Å². The van der Waals surface area contributed by atoms with Gasteiger partial charge >= 0.3 is 6.18 Å². The molecular weight excluding hydrogens is 552 g/mol. The van der Waals surface area contributed by atoms with Crippen LogP contribution in [0, 0.1) is 0 Å². The van der Waals surface area contributed by atoms with Gasteiger partial charge in [0.05, 0.1) is 42.0 Å². The van der Waals surface area contributed by atoms with Gasteiger partial charge in [0.25, 0.3) is 5.91 Å². The summed E-state index contributed by atoms with van der Waals surface area (Å²) in [6, 6.07) is 15.6. The van der Waals surface area contributed by atoms with E-state index in [1.165, 1.54) is 24.3 Å². The highest BCUT2D eigenvalue weighted by atomic mass is 32.2. The number of ether oxygens (including phenoxy) is 1. The number of hydrogen-bond donors (Lipinski definition) is 2. The number of nitrogens with one attached hydrogen (secondary N) is 1. The third kappa shape index (κ3) is 6.73. The van der Waals surface area contributed by atoms with Gasteiger partial charge < -0.3 is 20.1 Å². The molecule has 40 heavy (non-hydrogen) atoms. The van der Waals surface area contributed by atoms with Gasteiger partial charge in [-0.25, -0.2) is 12.8 Å². The van der Waals surface area contributed by atoms with Crippen molar-refractivity contribution in [3.63, 3.8) is 0 Å². The van der Waals surface area contributed by atoms with Crippen LogP contribution >= 0.6 is 0 Å². The summed E-state index contributed by atoms with van der Waals surface area (Å²) in [5.74, 6) is -0.377. The molecule has 1 fully saturated rings. The first-order valence-electron chi connectivity index (χ1n) is 12.5. The molecule has 4 rings (SSSR count). The Morgan fingerprint density at radius 3 is 2.20 bits per heavy atom. The number of anilines is 1. The zero-order valence-corrected chi connectivity index (χ0v) is 22.3. The zero-order chi connectivity index (χ0) is 29.1. The van der Waals surface area contributed by atoms with Crippen molar-refractivity contribution in [1.29, 1.82) is 0 Å². The summed E-state index contributed by atoms with van der Waals surface area (Å²) in [7, 11) is -3.38. The van der Waals surface area contributed by atoms with Gasteiger partial charge in [0, 0.05) is 11.3 Å². The molecule has 0 saturated carbocycles. The van der Waals surface area contributed by atoms with Crippen LogP contribution in [0.4, 0.5) is 23.2 Å². The predicted octanol–water partition coefficient (Wildman–Crippen LogP) is 4.57. The van der Waals surface area contributed by atoms with E-state index in [1.54, 1.807) is 36.1 Å². The molecule has 0 radical (unpaired) electrons. The Balaban J connectivity index is 1.36. The first kappa shape index (κ1) is 29.3. The lowest BCUT2D eigenvalue weighted by Gasteiger charge is -2.20. The van der Waals surface area contributed by atoms with Gasteiger partial charge in [0.2, 0.25) is 0 Å². The number of carbonyl (C=O) groups excluding carboxylic acids is 1. The second-order valence-corrected chi connectivity index (χ2v) is 11.6. The number of nitrogens with zero attached hydrogens (tertiary/aromatic N) is 1. The highest BCUT2D eigenvalue weighted by molar-refractivity contribution is 7.91. The molecule has 0 spiro atoms. The zero-order valence-electron chi connectivity index (χ0n) is 21.4. The van der Waals surface area contributed by atoms with Gasteiger partial charge in [-0.2, -0.15) is 13.2 Å². The van der Waals surface area contributed by atoms with Crippen LogP contribution in [0.2, 0.25) is 0 Å². The van der Waals surface area contributed by atoms with E-state index in [2.05, 4.69) is 5.32 Å². The van der Waals surface area contributed by atoms with Crippen molar-refractivity contribution in [1.82, 2.24) is 5.32 Å². The minimum Gasteiger partial charge on any atom is -0.485 e. The van der Waals surface area contributed by atoms with Gasteiger partial charge in [-0.3, -0.25) is 4.79 Å². The lowest BCUT2D eigenvalue weighted by Crippen LogP contribution is -2.31. The second-order valence-electron chi connectivity index (χ2n) is 9.33. The fourth-order valence-corrected chi connectivity index (χ4v) is 5.21. The standard InChI is InChI=1S/C28H28F4N2O5S/c1-2-40(37,38)23-13-5-18(6-14-23)25(17-35)33-27(36)19-3-9-21(10-4-19)34-15-24(29)26(16-34)39-22-11-7-20(8-12-22)28(30,31)32/h3-14,24-26,35H,2,15-17H2,1H3,(H,33,36)/t24-,25?,26-/m0/s1. The van der Waals surface area contributed by atoms with Crippen molar-refractivity contribution in [2.45, 2.75) is 36.3 Å². The molecule has 1 amide bonds. The average molecular weight is 581 g/mol. The number of alkyl halides is 4. The number of hydrogen-bond acceptors (Lipinski definition) is 6. The number of aliphatic hydroxyl groups excluding tert-OH is 1. The van der Waals surface area contributed by atoms with E-state index < -0.39 is 52.4 Å². The molecule has 1 aliphatic rings. The molecule has 1 saturated heterocycles. The number of carbonyl (C=O) groups is 1. The third-order valence-electron chi connectivity index (χ3n) is 6.67. The molecule has 3 aromatic carbocycles. The second kappa shape index (κ2) is 11.8. The van der Waals surface area contributed by atoms with Gasteiger partial charge in [-0.1, -0.05) is 19.1 Å². The van der Waals surface area contributed by atoms with Crippen molar-refractivity contribution in [2.75, 3.05) is 30.3 Å². The van der Waals surface area contributed by atoms with Gasteiger partial charge in [0.1, 0.15) is 11.9 Å². The maximum Gasteiger partial charge on any atom is 0.416 e. The fourth-order valence-electron chi connectivity index (χ4n) is 4.33. The Hall–Kier alpha value is -3.64. The Labute approximate surface area is 229 Å². The van der Waals surface area contributed by atoms with Gasteiger partial charge in [-0.05, 0) is 66.2 Å². The van der Waals surface area contributed by atoms with Gasteiger partial charge in [0.15, 0.2) is 16.0 Å². The smallest absolute Gasteiger partial charge is 0.416 e. The van der Waals surface area contributed by atoms with Crippen molar-refractivity contribution in [3.8, 4) is 5.75 Å². The van der Waals surface area contributed by atoms with E-state index in [-0.39, 0.29) is 29.5 Å². The van der Waals surface area contributed by atoms with Crippen LogP contribution in [0.15, 0.2) is 77.7 Å². The molecule has 7 nitrogen and oxygen atoms in total. The lowest BCUT2D eigenvalue weighted by molar-refractivity contribution is -0.137. The van der Waals surface area contributed by atoms with Crippen LogP contribution in [-0.4, -0.2) is 57.2 Å². The van der Waals surface area contributed by atoms with E-state index in [9.17, 15) is 35.9 Å². The monoisotopic (exact) mass is 580 g/mol. The minimum atomic E-state index is -4.47. The maximum absolute atomic E-state index is 14.7. The van der Waals surface area contributed by atoms with Crippen LogP contribution in [0.1, 0.15) is 34.5 Å². The summed E-state index contributed by atoms with van der Waals surface area (Å²) in [4.78, 5) is 14.7. The Kier molecular flexibility index (Phi) is 8.69. The Morgan fingerprint density at radius 2 is 1.65 bits per heavy atom. The number of halogens is 4. The molecule has 0 aliphatic carbocycles. The predicted molar refractivity (Wildman–Crippen MR) is 141 cm³/mol. The number of aliphatic hydroxyl groups is 1. The molecule has 1 unspecified atom stereocenters. The molecule has 0 bridgehead atoms. The summed E-state index contributed by atoms with van der Waals surface area (Å²) in [5.41, 5.74) is 0.636. The van der Waals surface area contributed by atoms with E-state index in [0.29, 0.717) is 16.8 Å². The molecule has 12 heteroatoms. The maximum atomic E-state index is 14.7. The molecule has 1 heterocycles. The summed E-state index contributed by atoms with van der Waals surface area (Å²) >= 11 is 0. The minimum absolute atomic E-state index is 0.00712. The summed E-state index contributed by atoms with van der Waals surface area (Å²) < 4.78 is 82.6. The summed E-state index contributed by atoms with van der Waals surface area (Å²) in [6.45, 7) is 1.30. The number of sulfone groups is 1. The number of benzene rings is 3. The largest absolute Gasteiger partial charge is 0.485 e. The summed E-state index contributed by atoms with van der Waals surface area (Å²) in [6.07, 6.45) is -6.74. The first-order valence-corrected chi connectivity index (χ1v) is 14.1. The third-order valence-corrected chi connectivity index (χ3v) is 8.42. The van der Waals surface area contributed by atoms with Crippen molar-refractivity contribution >= 4 is 21.4 Å². The molecule has 0 aromatic heterocycles. The van der Waals surface area contributed by atoms with E-state index in [0.717, 1.165) is 24.3 Å². The summed E-state index contributed by atoms with van der Waals surface area (Å²) in [5, 5.41) is 12.5. The highest BCUT2D eigenvalue weighted by Gasteiger charge is 2.35. The SMILES string of the molecule is CCS(=O)(=O)c1ccc(C(CO)NC(=O)c2ccc(N3C[C@H](Oc4ccc(C(F)(F)F)cc4)[C@@H](F)C3)cc2)cc1. The van der Waals surface area contributed by atoms with Crippen LogP contribution in [0.3, 0.4) is 0 Å². The number of amides is 1. The van der Waals surface area contributed by atoms with Crippen LogP contribution < -0.4 is 15.0 Å². The van der Waals surface area contributed by atoms with Gasteiger partial charge in [-0.15, -0.1) is 0 Å². The fraction of sp³-hybridized carbons (Fsp3) is 0.321. The quantitative estimate of drug-likeness (QED) is 0.360. The van der Waals surface area contributed by atoms with Crippen molar-refractivity contribution in [2.24, 2.45) is 0 Å².